The Labute approximate surface area is 129 Å². The average molecular weight is 292 g/mol. The van der Waals surface area contributed by atoms with E-state index in [1.807, 2.05) is 78.9 Å². The summed E-state index contributed by atoms with van der Waals surface area (Å²) in [4.78, 5) is 0. The first-order chi connectivity index (χ1) is 10.8. The van der Waals surface area contributed by atoms with E-state index >= 15 is 0 Å². The Morgan fingerprint density at radius 1 is 0.591 bits per heavy atom. The van der Waals surface area contributed by atoms with Crippen LogP contribution in [0.3, 0.4) is 0 Å². The molecule has 0 unspecified atom stereocenters. The van der Waals surface area contributed by atoms with Gasteiger partial charge in [-0.25, -0.2) is 0 Å². The molecule has 0 bridgehead atoms. The topological polar surface area (TPSA) is 38.7 Å². The fraction of sp³-hybridized carbons (Fsp3) is 0.0526. The molecule has 0 aliphatic carbocycles. The van der Waals surface area contributed by atoms with Gasteiger partial charge in [-0.05, 0) is 42.0 Å². The molecule has 0 atom stereocenters. The first kappa shape index (κ1) is 14.2. The quantitative estimate of drug-likeness (QED) is 0.736. The first-order valence-corrected chi connectivity index (χ1v) is 7.04. The van der Waals surface area contributed by atoms with Crippen LogP contribution in [0.4, 0.5) is 0 Å². The zero-order chi connectivity index (χ0) is 15.2. The van der Waals surface area contributed by atoms with E-state index in [2.05, 4.69) is 0 Å². The first-order valence-electron chi connectivity index (χ1n) is 7.04. The molecule has 0 aliphatic heterocycles. The fourth-order valence-corrected chi connectivity index (χ4v) is 2.02. The lowest BCUT2D eigenvalue weighted by Crippen LogP contribution is -1.88. The highest BCUT2D eigenvalue weighted by molar-refractivity contribution is 5.39. The van der Waals surface area contributed by atoms with Gasteiger partial charge in [0.05, 0.1) is 6.61 Å². The number of ether oxygens (including phenoxy) is 2. The number of hydrogen-bond donors (Lipinski definition) is 1. The molecule has 3 rings (SSSR count). The lowest BCUT2D eigenvalue weighted by atomic mass is 10.2. The van der Waals surface area contributed by atoms with Crippen molar-refractivity contribution in [2.24, 2.45) is 0 Å². The maximum Gasteiger partial charge on any atom is 0.131 e. The molecule has 0 spiro atoms. The predicted molar refractivity (Wildman–Crippen MR) is 85.4 cm³/mol. The van der Waals surface area contributed by atoms with E-state index in [4.69, 9.17) is 14.6 Å². The second-order valence-corrected chi connectivity index (χ2v) is 4.79. The van der Waals surface area contributed by atoms with Gasteiger partial charge in [0.15, 0.2) is 0 Å². The highest BCUT2D eigenvalue weighted by Crippen LogP contribution is 2.28. The molecule has 3 heteroatoms. The van der Waals surface area contributed by atoms with Crippen molar-refractivity contribution in [3.63, 3.8) is 0 Å². The molecule has 0 saturated carbocycles. The molecule has 1 N–H and O–H groups in total. The molecule has 3 nitrogen and oxygen atoms in total. The van der Waals surface area contributed by atoms with Gasteiger partial charge in [0.2, 0.25) is 0 Å². The van der Waals surface area contributed by atoms with Gasteiger partial charge in [0, 0.05) is 6.07 Å². The summed E-state index contributed by atoms with van der Waals surface area (Å²) in [5.41, 5.74) is 0.855. The fourth-order valence-electron chi connectivity index (χ4n) is 2.02. The van der Waals surface area contributed by atoms with E-state index in [1.165, 1.54) is 0 Å². The molecule has 3 aromatic carbocycles. The third-order valence-electron chi connectivity index (χ3n) is 3.13. The number of para-hydroxylation sites is 1. The molecule has 0 aromatic heterocycles. The normalized spacial score (nSPS) is 10.2. The summed E-state index contributed by atoms with van der Waals surface area (Å²) in [6, 6.07) is 24.4. The zero-order valence-corrected chi connectivity index (χ0v) is 12.0. The van der Waals surface area contributed by atoms with Crippen LogP contribution in [0.5, 0.6) is 23.0 Å². The van der Waals surface area contributed by atoms with E-state index in [9.17, 15) is 0 Å². The van der Waals surface area contributed by atoms with Crippen LogP contribution >= 0.6 is 0 Å². The largest absolute Gasteiger partial charge is 0.457 e. The highest BCUT2D eigenvalue weighted by Gasteiger charge is 2.01. The van der Waals surface area contributed by atoms with Crippen LogP contribution in [-0.4, -0.2) is 5.11 Å². The Bertz CT molecular complexity index is 721. The van der Waals surface area contributed by atoms with Gasteiger partial charge in [-0.15, -0.1) is 0 Å². The maximum atomic E-state index is 9.04. The summed E-state index contributed by atoms with van der Waals surface area (Å²) in [5.74, 6) is 2.92. The molecule has 0 saturated heterocycles. The minimum Gasteiger partial charge on any atom is -0.457 e. The molecule has 0 amide bonds. The molecular weight excluding hydrogens is 276 g/mol. The van der Waals surface area contributed by atoms with Crippen molar-refractivity contribution in [1.29, 1.82) is 0 Å². The van der Waals surface area contributed by atoms with E-state index in [1.54, 1.807) is 0 Å². The predicted octanol–water partition coefficient (Wildman–Crippen LogP) is 4.76. The smallest absolute Gasteiger partial charge is 0.131 e. The second-order valence-electron chi connectivity index (χ2n) is 4.79. The van der Waals surface area contributed by atoms with Crippen molar-refractivity contribution < 1.29 is 14.6 Å². The highest BCUT2D eigenvalue weighted by atomic mass is 16.5. The number of rotatable bonds is 5. The molecule has 0 fully saturated rings. The summed E-state index contributed by atoms with van der Waals surface area (Å²) in [7, 11) is 0. The van der Waals surface area contributed by atoms with Crippen molar-refractivity contribution in [2.75, 3.05) is 0 Å². The molecule has 0 aliphatic rings. The molecule has 110 valence electrons. The number of benzene rings is 3. The van der Waals surface area contributed by atoms with Crippen LogP contribution in [0, 0.1) is 0 Å². The van der Waals surface area contributed by atoms with Crippen molar-refractivity contribution in [3.05, 3.63) is 84.4 Å². The monoisotopic (exact) mass is 292 g/mol. The molecule has 0 heterocycles. The van der Waals surface area contributed by atoms with Crippen LogP contribution < -0.4 is 9.47 Å². The summed E-state index contributed by atoms with van der Waals surface area (Å²) in [5, 5.41) is 9.04. The zero-order valence-electron chi connectivity index (χ0n) is 12.0. The maximum absolute atomic E-state index is 9.04. The van der Waals surface area contributed by atoms with Crippen LogP contribution in [0.15, 0.2) is 78.9 Å². The summed E-state index contributed by atoms with van der Waals surface area (Å²) in [6.45, 7) is 0.0285. The minimum atomic E-state index is 0.0285. The summed E-state index contributed by atoms with van der Waals surface area (Å²) in [6.07, 6.45) is 0. The Morgan fingerprint density at radius 3 is 1.73 bits per heavy atom. The molecular formula is C19H16O3. The minimum absolute atomic E-state index is 0.0285. The van der Waals surface area contributed by atoms with E-state index in [-0.39, 0.29) is 6.61 Å². The number of aliphatic hydroxyl groups excluding tert-OH is 1. The Morgan fingerprint density at radius 2 is 1.14 bits per heavy atom. The van der Waals surface area contributed by atoms with Gasteiger partial charge in [-0.3, -0.25) is 0 Å². The van der Waals surface area contributed by atoms with Gasteiger partial charge >= 0.3 is 0 Å². The Kier molecular flexibility index (Phi) is 4.37. The van der Waals surface area contributed by atoms with E-state index in [0.717, 1.165) is 17.1 Å². The lowest BCUT2D eigenvalue weighted by Gasteiger charge is -2.09. The number of aliphatic hydroxyl groups is 1. The van der Waals surface area contributed by atoms with Crippen LogP contribution in [-0.2, 0) is 6.61 Å². The van der Waals surface area contributed by atoms with Crippen molar-refractivity contribution in [1.82, 2.24) is 0 Å². The third kappa shape index (κ3) is 3.65. The summed E-state index contributed by atoms with van der Waals surface area (Å²) >= 11 is 0. The van der Waals surface area contributed by atoms with Crippen LogP contribution in [0.1, 0.15) is 5.56 Å². The van der Waals surface area contributed by atoms with E-state index in [0.29, 0.717) is 11.5 Å². The van der Waals surface area contributed by atoms with Crippen LogP contribution in [0.25, 0.3) is 0 Å². The Hall–Kier alpha value is -2.78. The SMILES string of the molecule is OCc1ccc(Oc2cccc(Oc3ccccc3)c2)cc1. The molecule has 3 aromatic rings. The standard InChI is InChI=1S/C19H16O3/c20-14-15-9-11-17(12-10-15)22-19-8-4-7-18(13-19)21-16-5-2-1-3-6-16/h1-13,20H,14H2. The van der Waals surface area contributed by atoms with Gasteiger partial charge < -0.3 is 14.6 Å². The second kappa shape index (κ2) is 6.78. The molecule has 22 heavy (non-hydrogen) atoms. The van der Waals surface area contributed by atoms with Crippen molar-refractivity contribution in [2.45, 2.75) is 6.61 Å². The summed E-state index contributed by atoms with van der Waals surface area (Å²) < 4.78 is 11.6. The van der Waals surface area contributed by atoms with E-state index < -0.39 is 0 Å². The van der Waals surface area contributed by atoms with Gasteiger partial charge in [-0.1, -0.05) is 36.4 Å². The Balaban J connectivity index is 1.73. The number of hydrogen-bond acceptors (Lipinski definition) is 3. The van der Waals surface area contributed by atoms with Gasteiger partial charge in [0.25, 0.3) is 0 Å². The van der Waals surface area contributed by atoms with Gasteiger partial charge in [-0.2, -0.15) is 0 Å². The van der Waals surface area contributed by atoms with Gasteiger partial charge in [0.1, 0.15) is 23.0 Å². The third-order valence-corrected chi connectivity index (χ3v) is 3.13. The lowest BCUT2D eigenvalue weighted by molar-refractivity contribution is 0.281. The van der Waals surface area contributed by atoms with Crippen molar-refractivity contribution >= 4 is 0 Å². The van der Waals surface area contributed by atoms with Crippen LogP contribution in [0.2, 0.25) is 0 Å². The average Bonchev–Trinajstić information content (AvgIpc) is 2.57. The molecule has 0 radical (unpaired) electrons. The van der Waals surface area contributed by atoms with Crippen molar-refractivity contribution in [3.8, 4) is 23.0 Å².